The minimum atomic E-state index is -2.57. The number of hydrogen-bond donors (Lipinski definition) is 4. The molecule has 0 aromatic rings. The fraction of sp³-hybridized carbons (Fsp3) is 0.857. The Morgan fingerprint density at radius 3 is 2.69 bits per heavy atom. The van der Waals surface area contributed by atoms with Gasteiger partial charge in [-0.2, -0.15) is 0 Å². The van der Waals surface area contributed by atoms with Crippen molar-refractivity contribution in [1.29, 1.82) is 0 Å². The quantitative estimate of drug-likeness (QED) is 0.382. The van der Waals surface area contributed by atoms with Gasteiger partial charge in [0.05, 0.1) is 6.61 Å². The van der Waals surface area contributed by atoms with Gasteiger partial charge in [-0.25, -0.2) is 0 Å². The van der Waals surface area contributed by atoms with Crippen LogP contribution >= 0.6 is 0 Å². The summed E-state index contributed by atoms with van der Waals surface area (Å²) in [6.45, 7) is -1.41. The first-order valence-electron chi connectivity index (χ1n) is 4.37. The fourth-order valence-corrected chi connectivity index (χ4v) is 1.18. The summed E-state index contributed by atoms with van der Waals surface area (Å²) in [6.07, 6.45) is -4.59. The molecular weight excluding hydrogens is 180 g/mol. The molecule has 4 atom stereocenters. The predicted octanol–water partition coefficient (Wildman–Crippen LogP) is -2.62. The van der Waals surface area contributed by atoms with Gasteiger partial charge in [0, 0.05) is 8.27 Å². The van der Waals surface area contributed by atoms with Crippen LogP contribution in [0.4, 0.5) is 0 Å². The predicted molar refractivity (Wildman–Crippen MR) is 39.6 cm³/mol. The second-order valence-electron chi connectivity index (χ2n) is 2.89. The SMILES string of the molecule is [2H]CC(=O)C1(O)O[C@H](CO)[C@@H](O)[C@H]1O. The highest BCUT2D eigenvalue weighted by atomic mass is 16.7. The summed E-state index contributed by atoms with van der Waals surface area (Å²) in [4.78, 5) is 11.0. The molecule has 0 saturated carbocycles. The molecule has 1 heterocycles. The molecule has 1 aliphatic rings. The largest absolute Gasteiger partial charge is 0.394 e. The molecule has 6 heteroatoms. The van der Waals surface area contributed by atoms with E-state index in [1.54, 1.807) is 0 Å². The van der Waals surface area contributed by atoms with Crippen LogP contribution in [-0.4, -0.2) is 56.9 Å². The lowest BCUT2D eigenvalue weighted by atomic mass is 10.0. The fourth-order valence-electron chi connectivity index (χ4n) is 1.18. The van der Waals surface area contributed by atoms with Crippen molar-refractivity contribution >= 4 is 5.78 Å². The van der Waals surface area contributed by atoms with Crippen LogP contribution in [0.2, 0.25) is 0 Å². The number of aliphatic hydroxyl groups is 4. The van der Waals surface area contributed by atoms with Gasteiger partial charge < -0.3 is 25.2 Å². The minimum Gasteiger partial charge on any atom is -0.394 e. The molecule has 76 valence electrons. The maximum Gasteiger partial charge on any atom is 0.256 e. The average molecular weight is 193 g/mol. The summed E-state index contributed by atoms with van der Waals surface area (Å²) in [5.41, 5.74) is 0. The lowest BCUT2D eigenvalue weighted by molar-refractivity contribution is -0.222. The van der Waals surface area contributed by atoms with Crippen LogP contribution in [-0.2, 0) is 9.53 Å². The van der Waals surface area contributed by atoms with E-state index >= 15 is 0 Å². The first-order chi connectivity index (χ1) is 6.47. The van der Waals surface area contributed by atoms with Gasteiger partial charge in [-0.05, 0) is 0 Å². The third kappa shape index (κ3) is 1.47. The second-order valence-corrected chi connectivity index (χ2v) is 2.89. The Kier molecular flexibility index (Phi) is 2.31. The summed E-state index contributed by atoms with van der Waals surface area (Å²) in [6, 6.07) is 0. The van der Waals surface area contributed by atoms with E-state index in [1.807, 2.05) is 0 Å². The third-order valence-electron chi connectivity index (χ3n) is 2.02. The zero-order chi connectivity index (χ0) is 10.9. The average Bonchev–Trinajstić information content (AvgIpc) is 2.42. The molecule has 6 nitrogen and oxygen atoms in total. The topological polar surface area (TPSA) is 107 Å². The van der Waals surface area contributed by atoms with E-state index < -0.39 is 43.4 Å². The normalized spacial score (nSPS) is 46.2. The molecule has 4 N–H and O–H groups in total. The van der Waals surface area contributed by atoms with E-state index in [0.717, 1.165) is 0 Å². The maximum absolute atomic E-state index is 11.0. The number of hydrogen-bond acceptors (Lipinski definition) is 6. The Labute approximate surface area is 75.8 Å². The van der Waals surface area contributed by atoms with Crippen LogP contribution in [0.15, 0.2) is 0 Å². The van der Waals surface area contributed by atoms with Crippen molar-refractivity contribution < 1.29 is 31.3 Å². The monoisotopic (exact) mass is 193 g/mol. The van der Waals surface area contributed by atoms with Crippen molar-refractivity contribution in [3.8, 4) is 0 Å². The van der Waals surface area contributed by atoms with Gasteiger partial charge in [0.25, 0.3) is 5.79 Å². The van der Waals surface area contributed by atoms with Gasteiger partial charge in [0.2, 0.25) is 0 Å². The zero-order valence-electron chi connectivity index (χ0n) is 7.75. The molecule has 0 amide bonds. The maximum atomic E-state index is 11.0. The Morgan fingerprint density at radius 1 is 1.69 bits per heavy atom. The summed E-state index contributed by atoms with van der Waals surface area (Å²) >= 11 is 0. The van der Waals surface area contributed by atoms with Crippen LogP contribution in [0, 0.1) is 0 Å². The molecule has 0 radical (unpaired) electrons. The summed E-state index contributed by atoms with van der Waals surface area (Å²) in [5.74, 6) is -3.63. The highest BCUT2D eigenvalue weighted by molar-refractivity contribution is 5.84. The smallest absolute Gasteiger partial charge is 0.256 e. The molecule has 1 rings (SSSR count). The van der Waals surface area contributed by atoms with E-state index in [1.165, 1.54) is 0 Å². The van der Waals surface area contributed by atoms with Crippen molar-refractivity contribution in [1.82, 2.24) is 0 Å². The number of ketones is 1. The standard InChI is InChI=1S/C7H12O6/c1-3(9)7(12)6(11)5(10)4(2-8)13-7/h4-6,8,10-12H,2H2,1H3/t4-,5-,6-,7?/m1/s1/i1D. The highest BCUT2D eigenvalue weighted by Crippen LogP contribution is 2.29. The third-order valence-corrected chi connectivity index (χ3v) is 2.02. The summed E-state index contributed by atoms with van der Waals surface area (Å²) in [7, 11) is 0. The Hall–Kier alpha value is -0.530. The molecule has 1 unspecified atom stereocenters. The van der Waals surface area contributed by atoms with Crippen molar-refractivity contribution in [2.75, 3.05) is 6.61 Å². The van der Waals surface area contributed by atoms with Gasteiger partial charge in [0.15, 0.2) is 5.78 Å². The molecule has 0 bridgehead atoms. The lowest BCUT2D eigenvalue weighted by Gasteiger charge is -2.22. The van der Waals surface area contributed by atoms with E-state index in [2.05, 4.69) is 4.74 Å². The minimum absolute atomic E-state index is 0.633. The molecule has 1 aliphatic heterocycles. The van der Waals surface area contributed by atoms with Gasteiger partial charge >= 0.3 is 0 Å². The Balaban J connectivity index is 2.87. The Morgan fingerprint density at radius 2 is 2.31 bits per heavy atom. The van der Waals surface area contributed by atoms with Gasteiger partial charge in [0.1, 0.15) is 18.3 Å². The molecule has 1 fully saturated rings. The van der Waals surface area contributed by atoms with Crippen molar-refractivity contribution in [3.63, 3.8) is 0 Å². The molecule has 1 saturated heterocycles. The van der Waals surface area contributed by atoms with Crippen molar-refractivity contribution in [2.45, 2.75) is 31.0 Å². The van der Waals surface area contributed by atoms with Crippen LogP contribution < -0.4 is 0 Å². The van der Waals surface area contributed by atoms with E-state index in [-0.39, 0.29) is 0 Å². The molecule has 0 aliphatic carbocycles. The lowest BCUT2D eigenvalue weighted by Crippen LogP contribution is -2.48. The van der Waals surface area contributed by atoms with E-state index in [9.17, 15) is 20.1 Å². The first kappa shape index (κ1) is 9.04. The van der Waals surface area contributed by atoms with E-state index in [0.29, 0.717) is 0 Å². The Bertz CT molecular complexity index is 234. The van der Waals surface area contributed by atoms with Crippen LogP contribution in [0.3, 0.4) is 0 Å². The number of aliphatic hydroxyl groups excluding tert-OH is 3. The number of carbonyl (C=O) groups excluding carboxylic acids is 1. The van der Waals surface area contributed by atoms with Gasteiger partial charge in [-0.3, -0.25) is 4.79 Å². The van der Waals surface area contributed by atoms with Crippen LogP contribution in [0.1, 0.15) is 8.27 Å². The van der Waals surface area contributed by atoms with Gasteiger partial charge in [-0.15, -0.1) is 0 Å². The zero-order valence-corrected chi connectivity index (χ0v) is 6.75. The number of carbonyl (C=O) groups is 1. The van der Waals surface area contributed by atoms with Crippen LogP contribution in [0.25, 0.3) is 0 Å². The molecule has 0 aromatic carbocycles. The van der Waals surface area contributed by atoms with Crippen molar-refractivity contribution in [2.24, 2.45) is 0 Å². The molecule has 13 heavy (non-hydrogen) atoms. The number of ether oxygens (including phenoxy) is 1. The highest BCUT2D eigenvalue weighted by Gasteiger charge is 2.56. The summed E-state index contributed by atoms with van der Waals surface area (Å²) < 4.78 is 11.3. The molecule has 0 aromatic heterocycles. The molecule has 0 spiro atoms. The number of rotatable bonds is 2. The van der Waals surface area contributed by atoms with Crippen LogP contribution in [0.5, 0.6) is 0 Å². The number of Topliss-reactive ketones (excluding diaryl/α,β-unsaturated/α-hetero) is 1. The molecular formula is C7H12O6. The summed E-state index contributed by atoms with van der Waals surface area (Å²) in [5, 5.41) is 36.7. The van der Waals surface area contributed by atoms with E-state index in [4.69, 9.17) is 6.48 Å². The second kappa shape index (κ2) is 3.32. The van der Waals surface area contributed by atoms with Gasteiger partial charge in [-0.1, -0.05) is 0 Å². The van der Waals surface area contributed by atoms with Crippen molar-refractivity contribution in [3.05, 3.63) is 0 Å². The first-order valence-corrected chi connectivity index (χ1v) is 3.67.